The number of benzene rings is 1. The molecule has 1 N–H and O–H groups in total. The zero-order valence-corrected chi connectivity index (χ0v) is 12.1. The van der Waals surface area contributed by atoms with Crippen molar-refractivity contribution in [2.75, 3.05) is 6.61 Å². The third-order valence-corrected chi connectivity index (χ3v) is 5.75. The Hall–Kier alpha value is -1.02. The summed E-state index contributed by atoms with van der Waals surface area (Å²) in [5, 5.41) is 10.1. The quantitative estimate of drug-likeness (QED) is 0.905. The maximum atomic E-state index is 10.1. The van der Waals surface area contributed by atoms with Crippen LogP contribution in [-0.2, 0) is 6.42 Å². The van der Waals surface area contributed by atoms with Crippen LogP contribution in [0, 0.1) is 17.8 Å². The SMILES string of the molecule is O[C@@H]1CCCc2ccc(OCC3CC4CCC3C4)cc21. The summed E-state index contributed by atoms with van der Waals surface area (Å²) in [6.45, 7) is 0.871. The second-order valence-electron chi connectivity index (χ2n) is 7.01. The monoisotopic (exact) mass is 272 g/mol. The molecular formula is C18H24O2. The maximum Gasteiger partial charge on any atom is 0.119 e. The van der Waals surface area contributed by atoms with Gasteiger partial charge in [-0.15, -0.1) is 0 Å². The zero-order chi connectivity index (χ0) is 13.5. The van der Waals surface area contributed by atoms with Gasteiger partial charge in [0.1, 0.15) is 5.75 Å². The Morgan fingerprint density at radius 3 is 2.90 bits per heavy atom. The molecule has 2 bridgehead atoms. The summed E-state index contributed by atoms with van der Waals surface area (Å²) in [6, 6.07) is 6.31. The average Bonchev–Trinajstić information content (AvgIpc) is 3.08. The van der Waals surface area contributed by atoms with E-state index in [1.807, 2.05) is 0 Å². The van der Waals surface area contributed by atoms with Gasteiger partial charge in [-0.1, -0.05) is 12.5 Å². The molecule has 0 heterocycles. The van der Waals surface area contributed by atoms with Crippen LogP contribution in [0.3, 0.4) is 0 Å². The smallest absolute Gasteiger partial charge is 0.119 e. The molecule has 4 rings (SSSR count). The fraction of sp³-hybridized carbons (Fsp3) is 0.667. The van der Waals surface area contributed by atoms with Crippen LogP contribution in [0.5, 0.6) is 5.75 Å². The van der Waals surface area contributed by atoms with Gasteiger partial charge in [0.2, 0.25) is 0 Å². The van der Waals surface area contributed by atoms with E-state index in [9.17, 15) is 5.11 Å². The van der Waals surface area contributed by atoms with E-state index in [1.165, 1.54) is 31.2 Å². The van der Waals surface area contributed by atoms with E-state index in [0.717, 1.165) is 54.9 Å². The van der Waals surface area contributed by atoms with Crippen molar-refractivity contribution in [3.8, 4) is 5.75 Å². The van der Waals surface area contributed by atoms with Crippen molar-refractivity contribution in [1.82, 2.24) is 0 Å². The summed E-state index contributed by atoms with van der Waals surface area (Å²) in [6.07, 6.45) is 8.48. The molecule has 2 saturated carbocycles. The summed E-state index contributed by atoms with van der Waals surface area (Å²) < 4.78 is 6.05. The van der Waals surface area contributed by atoms with Crippen molar-refractivity contribution in [1.29, 1.82) is 0 Å². The number of aryl methyl sites for hydroxylation is 1. The molecule has 3 unspecified atom stereocenters. The minimum Gasteiger partial charge on any atom is -0.493 e. The van der Waals surface area contributed by atoms with E-state index in [2.05, 4.69) is 18.2 Å². The van der Waals surface area contributed by atoms with E-state index in [-0.39, 0.29) is 6.10 Å². The van der Waals surface area contributed by atoms with Gasteiger partial charge in [0.25, 0.3) is 0 Å². The first kappa shape index (κ1) is 12.7. The molecule has 108 valence electrons. The molecule has 20 heavy (non-hydrogen) atoms. The van der Waals surface area contributed by atoms with Crippen LogP contribution in [0.25, 0.3) is 0 Å². The number of rotatable bonds is 3. The predicted octanol–water partition coefficient (Wildman–Crippen LogP) is 3.87. The van der Waals surface area contributed by atoms with Crippen molar-refractivity contribution in [2.24, 2.45) is 17.8 Å². The lowest BCUT2D eigenvalue weighted by Gasteiger charge is -2.24. The number of hydrogen-bond donors (Lipinski definition) is 1. The first-order chi connectivity index (χ1) is 9.79. The van der Waals surface area contributed by atoms with E-state index in [1.54, 1.807) is 0 Å². The highest BCUT2D eigenvalue weighted by molar-refractivity contribution is 5.38. The van der Waals surface area contributed by atoms with Crippen LogP contribution in [0.1, 0.15) is 55.8 Å². The summed E-state index contributed by atoms with van der Waals surface area (Å²) >= 11 is 0. The highest BCUT2D eigenvalue weighted by atomic mass is 16.5. The molecule has 1 aromatic carbocycles. The van der Waals surface area contributed by atoms with Gasteiger partial charge in [-0.2, -0.15) is 0 Å². The first-order valence-corrected chi connectivity index (χ1v) is 8.23. The molecule has 0 amide bonds. The zero-order valence-electron chi connectivity index (χ0n) is 12.1. The largest absolute Gasteiger partial charge is 0.493 e. The third-order valence-electron chi connectivity index (χ3n) is 5.75. The summed E-state index contributed by atoms with van der Waals surface area (Å²) in [5.41, 5.74) is 2.40. The molecule has 4 atom stereocenters. The summed E-state index contributed by atoms with van der Waals surface area (Å²) in [5.74, 6) is 3.63. The molecule has 2 nitrogen and oxygen atoms in total. The molecule has 0 saturated heterocycles. The summed E-state index contributed by atoms with van der Waals surface area (Å²) in [7, 11) is 0. The number of aliphatic hydroxyl groups is 1. The Labute approximate surface area is 121 Å². The van der Waals surface area contributed by atoms with Gasteiger partial charge in [0.15, 0.2) is 0 Å². The second-order valence-corrected chi connectivity index (χ2v) is 7.01. The predicted molar refractivity (Wildman–Crippen MR) is 78.8 cm³/mol. The topological polar surface area (TPSA) is 29.5 Å². The first-order valence-electron chi connectivity index (χ1n) is 8.23. The van der Waals surface area contributed by atoms with Gasteiger partial charge in [-0.3, -0.25) is 0 Å². The van der Waals surface area contributed by atoms with Crippen molar-refractivity contribution >= 4 is 0 Å². The van der Waals surface area contributed by atoms with Crippen molar-refractivity contribution in [3.63, 3.8) is 0 Å². The Balaban J connectivity index is 1.43. The van der Waals surface area contributed by atoms with Crippen molar-refractivity contribution in [3.05, 3.63) is 29.3 Å². The van der Waals surface area contributed by atoms with E-state index < -0.39 is 0 Å². The van der Waals surface area contributed by atoms with Crippen LogP contribution >= 0.6 is 0 Å². The van der Waals surface area contributed by atoms with E-state index in [0.29, 0.717) is 0 Å². The standard InChI is InChI=1S/C18H24O2/c19-18-3-1-2-13-6-7-16(10-17(13)18)20-11-15-9-12-4-5-14(15)8-12/h6-7,10,12,14-15,18-19H,1-5,8-9,11H2/t12?,14?,15?,18-/m1/s1. The lowest BCUT2D eigenvalue weighted by Crippen LogP contribution is -2.18. The minimum absolute atomic E-state index is 0.287. The Morgan fingerprint density at radius 1 is 1.15 bits per heavy atom. The van der Waals surface area contributed by atoms with Gasteiger partial charge >= 0.3 is 0 Å². The molecule has 0 aliphatic heterocycles. The number of ether oxygens (including phenoxy) is 1. The number of aliphatic hydroxyl groups excluding tert-OH is 1. The maximum absolute atomic E-state index is 10.1. The van der Waals surface area contributed by atoms with Crippen LogP contribution < -0.4 is 4.74 Å². The molecule has 0 spiro atoms. The third kappa shape index (κ3) is 2.24. The molecule has 1 aromatic rings. The highest BCUT2D eigenvalue weighted by Crippen LogP contribution is 2.48. The van der Waals surface area contributed by atoms with E-state index in [4.69, 9.17) is 4.74 Å². The van der Waals surface area contributed by atoms with Crippen molar-refractivity contribution in [2.45, 2.75) is 51.0 Å². The number of fused-ring (bicyclic) bond motifs is 3. The van der Waals surface area contributed by atoms with Gasteiger partial charge in [-0.05, 0) is 79.5 Å². The molecule has 3 aliphatic carbocycles. The average molecular weight is 272 g/mol. The van der Waals surface area contributed by atoms with Crippen LogP contribution in [0.15, 0.2) is 18.2 Å². The van der Waals surface area contributed by atoms with Gasteiger partial charge in [-0.25, -0.2) is 0 Å². The molecule has 0 aromatic heterocycles. The van der Waals surface area contributed by atoms with E-state index >= 15 is 0 Å². The summed E-state index contributed by atoms with van der Waals surface area (Å²) in [4.78, 5) is 0. The molecule has 2 heteroatoms. The van der Waals surface area contributed by atoms with Crippen molar-refractivity contribution < 1.29 is 9.84 Å². The molecule has 0 radical (unpaired) electrons. The highest BCUT2D eigenvalue weighted by Gasteiger charge is 2.39. The number of hydrogen-bond acceptors (Lipinski definition) is 2. The fourth-order valence-electron chi connectivity index (χ4n) is 4.63. The minimum atomic E-state index is -0.287. The lowest BCUT2D eigenvalue weighted by molar-refractivity contribution is 0.155. The normalized spacial score (nSPS) is 35.0. The van der Waals surface area contributed by atoms with Crippen LogP contribution in [0.2, 0.25) is 0 Å². The molecule has 3 aliphatic rings. The molecular weight excluding hydrogens is 248 g/mol. The van der Waals surface area contributed by atoms with Gasteiger partial charge in [0, 0.05) is 0 Å². The Bertz CT molecular complexity index is 496. The Morgan fingerprint density at radius 2 is 2.10 bits per heavy atom. The molecule has 2 fully saturated rings. The second kappa shape index (κ2) is 5.07. The van der Waals surface area contributed by atoms with Gasteiger partial charge < -0.3 is 9.84 Å². The lowest BCUT2D eigenvalue weighted by atomic mass is 9.89. The fourth-order valence-corrected chi connectivity index (χ4v) is 4.63. The van der Waals surface area contributed by atoms with Crippen LogP contribution in [-0.4, -0.2) is 11.7 Å². The van der Waals surface area contributed by atoms with Gasteiger partial charge in [0.05, 0.1) is 12.7 Å². The van der Waals surface area contributed by atoms with Crippen LogP contribution in [0.4, 0.5) is 0 Å². The Kier molecular flexibility index (Phi) is 3.22.